The maximum Gasteiger partial charge on any atom is 0.240 e. The Balaban J connectivity index is 1.76. The standard InChI is InChI=1S/C26H23N3O5/c1-14(30)27(15(2)31)21-13-19-23(26(34)29(25(19)33)17-9-5-4-6-10-17)24-22(21)18-11-7-8-12-20(18)28(24)16(3)32/h4-12,19,23-24H,13H2,1-3H3/t19-,23-,24-/m0/s1. The Kier molecular flexibility index (Phi) is 4.97. The van der Waals surface area contributed by atoms with Gasteiger partial charge in [0.25, 0.3) is 0 Å². The van der Waals surface area contributed by atoms with E-state index in [0.29, 0.717) is 28.2 Å². The lowest BCUT2D eigenvalue weighted by molar-refractivity contribution is -0.140. The molecule has 0 saturated carbocycles. The number of amides is 5. The van der Waals surface area contributed by atoms with E-state index in [1.165, 1.54) is 30.6 Å². The number of rotatable bonds is 2. The zero-order valence-corrected chi connectivity index (χ0v) is 19.0. The number of benzene rings is 2. The van der Waals surface area contributed by atoms with Crippen molar-refractivity contribution in [1.82, 2.24) is 4.90 Å². The lowest BCUT2D eigenvalue weighted by atomic mass is 9.74. The third-order valence-corrected chi connectivity index (χ3v) is 6.82. The number of fused-ring (bicyclic) bond motifs is 5. The van der Waals surface area contributed by atoms with Gasteiger partial charge >= 0.3 is 0 Å². The van der Waals surface area contributed by atoms with Gasteiger partial charge in [0, 0.05) is 44.0 Å². The second-order valence-corrected chi connectivity index (χ2v) is 8.77. The van der Waals surface area contributed by atoms with Crippen molar-refractivity contribution >= 4 is 46.5 Å². The smallest absolute Gasteiger partial charge is 0.240 e. The summed E-state index contributed by atoms with van der Waals surface area (Å²) in [5, 5.41) is 0. The molecular weight excluding hydrogens is 434 g/mol. The number of imide groups is 2. The molecule has 3 atom stereocenters. The lowest BCUT2D eigenvalue weighted by Crippen LogP contribution is -2.49. The number of hydrogen-bond acceptors (Lipinski definition) is 5. The van der Waals surface area contributed by atoms with Gasteiger partial charge in [-0.2, -0.15) is 0 Å². The van der Waals surface area contributed by atoms with Crippen LogP contribution >= 0.6 is 0 Å². The van der Waals surface area contributed by atoms with Crippen molar-refractivity contribution < 1.29 is 24.0 Å². The van der Waals surface area contributed by atoms with Crippen LogP contribution in [0.2, 0.25) is 0 Å². The van der Waals surface area contributed by atoms with Gasteiger partial charge in [-0.15, -0.1) is 0 Å². The van der Waals surface area contributed by atoms with E-state index in [1.807, 2.05) is 6.07 Å². The summed E-state index contributed by atoms with van der Waals surface area (Å²) in [6.45, 7) is 3.99. The van der Waals surface area contributed by atoms with Crippen LogP contribution in [0.4, 0.5) is 11.4 Å². The zero-order chi connectivity index (χ0) is 24.3. The molecule has 5 amide bonds. The highest BCUT2D eigenvalue weighted by atomic mass is 16.2. The fourth-order valence-corrected chi connectivity index (χ4v) is 5.66. The van der Waals surface area contributed by atoms with Gasteiger partial charge in [0.15, 0.2) is 0 Å². The fraction of sp³-hybridized carbons (Fsp3) is 0.269. The highest BCUT2D eigenvalue weighted by Gasteiger charge is 2.60. The van der Waals surface area contributed by atoms with Crippen molar-refractivity contribution in [2.24, 2.45) is 11.8 Å². The van der Waals surface area contributed by atoms with Crippen LogP contribution in [0.3, 0.4) is 0 Å². The van der Waals surface area contributed by atoms with E-state index in [2.05, 4.69) is 0 Å². The summed E-state index contributed by atoms with van der Waals surface area (Å²) in [5.41, 5.74) is 2.68. The van der Waals surface area contributed by atoms with Gasteiger partial charge in [-0.1, -0.05) is 36.4 Å². The van der Waals surface area contributed by atoms with Gasteiger partial charge in [-0.05, 0) is 18.2 Å². The second kappa shape index (κ2) is 7.76. The van der Waals surface area contributed by atoms with Gasteiger partial charge in [0.2, 0.25) is 29.5 Å². The first-order valence-corrected chi connectivity index (χ1v) is 11.1. The molecule has 0 aromatic heterocycles. The van der Waals surface area contributed by atoms with Crippen molar-refractivity contribution in [1.29, 1.82) is 0 Å². The maximum atomic E-state index is 13.8. The quantitative estimate of drug-likeness (QED) is 0.647. The average molecular weight is 457 g/mol. The molecule has 172 valence electrons. The zero-order valence-electron chi connectivity index (χ0n) is 19.0. The summed E-state index contributed by atoms with van der Waals surface area (Å²) < 4.78 is 0. The number of nitrogens with zero attached hydrogens (tertiary/aromatic N) is 3. The molecule has 0 radical (unpaired) electrons. The minimum absolute atomic E-state index is 0.0453. The molecule has 2 aromatic rings. The minimum atomic E-state index is -0.830. The normalized spacial score (nSPS) is 23.0. The minimum Gasteiger partial charge on any atom is -0.304 e. The summed E-state index contributed by atoms with van der Waals surface area (Å²) in [7, 11) is 0. The van der Waals surface area contributed by atoms with E-state index >= 15 is 0 Å². The van der Waals surface area contributed by atoms with E-state index in [9.17, 15) is 24.0 Å². The molecular formula is C26H23N3O5. The molecule has 0 unspecified atom stereocenters. The van der Waals surface area contributed by atoms with Gasteiger partial charge in [-0.3, -0.25) is 28.9 Å². The number of anilines is 2. The number of hydrogen-bond donors (Lipinski definition) is 0. The summed E-state index contributed by atoms with van der Waals surface area (Å²) in [4.78, 5) is 69.1. The van der Waals surface area contributed by atoms with E-state index in [-0.39, 0.29) is 18.2 Å². The first-order valence-electron chi connectivity index (χ1n) is 11.1. The molecule has 1 aliphatic carbocycles. The largest absolute Gasteiger partial charge is 0.304 e. The first-order chi connectivity index (χ1) is 16.2. The van der Waals surface area contributed by atoms with Gasteiger partial charge in [0.1, 0.15) is 0 Å². The third kappa shape index (κ3) is 2.95. The molecule has 0 N–H and O–H groups in total. The van der Waals surface area contributed by atoms with E-state index in [4.69, 9.17) is 0 Å². The molecule has 3 aliphatic rings. The molecule has 2 heterocycles. The molecule has 2 aliphatic heterocycles. The van der Waals surface area contributed by atoms with Gasteiger partial charge < -0.3 is 4.90 Å². The van der Waals surface area contributed by atoms with E-state index in [1.54, 1.807) is 48.5 Å². The Labute approximate surface area is 196 Å². The second-order valence-electron chi connectivity index (χ2n) is 8.77. The molecule has 8 heteroatoms. The highest BCUT2D eigenvalue weighted by Crippen LogP contribution is 2.54. The van der Waals surface area contributed by atoms with Crippen LogP contribution in [0.5, 0.6) is 0 Å². The molecule has 1 fully saturated rings. The Hall–Kier alpha value is -4.07. The number of allylic oxidation sites excluding steroid dienone is 1. The van der Waals surface area contributed by atoms with Crippen LogP contribution in [0, 0.1) is 11.8 Å². The molecule has 0 bridgehead atoms. The van der Waals surface area contributed by atoms with Crippen LogP contribution in [0.25, 0.3) is 5.57 Å². The SMILES string of the molecule is CC(=O)N(C(C)=O)C1=C2c3ccccc3N(C(C)=O)[C@@H]2[C@H]2C(=O)N(c3ccccc3)C(=O)[C@H]2C1. The molecule has 0 spiro atoms. The van der Waals surface area contributed by atoms with E-state index in [0.717, 1.165) is 4.90 Å². The Morgan fingerprint density at radius 3 is 2.09 bits per heavy atom. The van der Waals surface area contributed by atoms with Crippen LogP contribution < -0.4 is 9.80 Å². The molecule has 1 saturated heterocycles. The Bertz CT molecular complexity index is 1280. The third-order valence-electron chi connectivity index (χ3n) is 6.82. The number of carbonyl (C=O) groups is 5. The Morgan fingerprint density at radius 2 is 1.47 bits per heavy atom. The summed E-state index contributed by atoms with van der Waals surface area (Å²) >= 11 is 0. The number of para-hydroxylation sites is 2. The monoisotopic (exact) mass is 457 g/mol. The fourth-order valence-electron chi connectivity index (χ4n) is 5.66. The lowest BCUT2D eigenvalue weighted by Gasteiger charge is -2.38. The molecule has 34 heavy (non-hydrogen) atoms. The summed E-state index contributed by atoms with van der Waals surface area (Å²) in [5.74, 6) is -3.69. The molecule has 8 nitrogen and oxygen atoms in total. The van der Waals surface area contributed by atoms with Crippen molar-refractivity contribution in [3.63, 3.8) is 0 Å². The van der Waals surface area contributed by atoms with E-state index < -0.39 is 35.6 Å². The molecule has 2 aromatic carbocycles. The van der Waals surface area contributed by atoms with Gasteiger partial charge in [0.05, 0.1) is 29.3 Å². The predicted octanol–water partition coefficient (Wildman–Crippen LogP) is 2.74. The van der Waals surface area contributed by atoms with Crippen molar-refractivity contribution in [2.75, 3.05) is 9.80 Å². The van der Waals surface area contributed by atoms with Gasteiger partial charge in [-0.25, -0.2) is 4.90 Å². The highest BCUT2D eigenvalue weighted by molar-refractivity contribution is 6.24. The Morgan fingerprint density at radius 1 is 0.853 bits per heavy atom. The topological polar surface area (TPSA) is 95.1 Å². The predicted molar refractivity (Wildman–Crippen MR) is 124 cm³/mol. The van der Waals surface area contributed by atoms with Crippen LogP contribution in [0.1, 0.15) is 32.8 Å². The molecule has 5 rings (SSSR count). The van der Waals surface area contributed by atoms with Crippen molar-refractivity contribution in [3.8, 4) is 0 Å². The van der Waals surface area contributed by atoms with Crippen LogP contribution in [0.15, 0.2) is 60.3 Å². The van der Waals surface area contributed by atoms with Crippen LogP contribution in [-0.2, 0) is 24.0 Å². The summed E-state index contributed by atoms with van der Waals surface area (Å²) in [6, 6.07) is 15.0. The number of carbonyl (C=O) groups excluding carboxylic acids is 5. The van der Waals surface area contributed by atoms with Crippen molar-refractivity contribution in [3.05, 3.63) is 65.9 Å². The average Bonchev–Trinajstić information content (AvgIpc) is 3.26. The van der Waals surface area contributed by atoms with Crippen LogP contribution in [-0.4, -0.2) is 40.5 Å². The maximum absolute atomic E-state index is 13.8. The first kappa shape index (κ1) is 21.8. The van der Waals surface area contributed by atoms with Crippen molar-refractivity contribution in [2.45, 2.75) is 33.2 Å². The summed E-state index contributed by atoms with van der Waals surface area (Å²) in [6.07, 6.45) is 0.0453.